The zero-order valence-corrected chi connectivity index (χ0v) is 11.7. The molecular weight excluding hydrogens is 266 g/mol. The second-order valence-corrected chi connectivity index (χ2v) is 6.39. The molecule has 2 rings (SSSR count). The van der Waals surface area contributed by atoms with Crippen LogP contribution in [0.25, 0.3) is 0 Å². The van der Waals surface area contributed by atoms with Crippen LogP contribution in [0.15, 0.2) is 29.2 Å². The van der Waals surface area contributed by atoms with E-state index in [1.54, 1.807) is 12.1 Å². The van der Waals surface area contributed by atoms with Crippen LogP contribution in [0.1, 0.15) is 30.6 Å². The van der Waals surface area contributed by atoms with Crippen LogP contribution in [0, 0.1) is 0 Å². The summed E-state index contributed by atoms with van der Waals surface area (Å²) < 4.78 is 32.4. The van der Waals surface area contributed by atoms with Crippen LogP contribution in [-0.2, 0) is 14.8 Å². The number of hydrogen-bond donors (Lipinski definition) is 1. The van der Waals surface area contributed by atoms with Crippen molar-refractivity contribution in [1.82, 2.24) is 4.72 Å². The van der Waals surface area contributed by atoms with E-state index < -0.39 is 10.0 Å². The van der Waals surface area contributed by atoms with Gasteiger partial charge in [0.15, 0.2) is 5.78 Å². The average molecular weight is 283 g/mol. The lowest BCUT2D eigenvalue weighted by atomic mass is 10.2. The first-order valence-electron chi connectivity index (χ1n) is 6.15. The molecule has 1 heterocycles. The Labute approximate surface area is 113 Å². The topological polar surface area (TPSA) is 72.5 Å². The van der Waals surface area contributed by atoms with E-state index in [9.17, 15) is 13.2 Å². The Kier molecular flexibility index (Phi) is 4.03. The summed E-state index contributed by atoms with van der Waals surface area (Å²) in [5, 5.41) is 0. The van der Waals surface area contributed by atoms with Gasteiger partial charge in [0.2, 0.25) is 10.0 Å². The molecule has 0 saturated carbocycles. The lowest BCUT2D eigenvalue weighted by Crippen LogP contribution is -2.39. The van der Waals surface area contributed by atoms with Crippen molar-refractivity contribution in [2.75, 3.05) is 6.61 Å². The molecule has 6 heteroatoms. The fraction of sp³-hybridized carbons (Fsp3) is 0.462. The molecule has 5 nitrogen and oxygen atoms in total. The maximum atomic E-state index is 12.2. The number of sulfonamides is 1. The number of ketones is 1. The van der Waals surface area contributed by atoms with E-state index >= 15 is 0 Å². The monoisotopic (exact) mass is 283 g/mol. The van der Waals surface area contributed by atoms with Crippen LogP contribution in [-0.4, -0.2) is 33.0 Å². The van der Waals surface area contributed by atoms with Crippen molar-refractivity contribution in [3.05, 3.63) is 29.8 Å². The molecule has 1 saturated heterocycles. The second-order valence-electron chi connectivity index (χ2n) is 4.68. The van der Waals surface area contributed by atoms with Crippen molar-refractivity contribution in [3.63, 3.8) is 0 Å². The molecule has 0 bridgehead atoms. The number of hydrogen-bond acceptors (Lipinski definition) is 4. The number of nitrogens with one attached hydrogen (secondary N) is 1. The van der Waals surface area contributed by atoms with E-state index in [0.717, 1.165) is 0 Å². The number of rotatable bonds is 4. The first-order chi connectivity index (χ1) is 8.90. The molecule has 2 unspecified atom stereocenters. The first kappa shape index (κ1) is 14.2. The highest BCUT2D eigenvalue weighted by Crippen LogP contribution is 2.17. The zero-order valence-electron chi connectivity index (χ0n) is 10.9. The van der Waals surface area contributed by atoms with Crippen LogP contribution in [0.3, 0.4) is 0 Å². The quantitative estimate of drug-likeness (QED) is 0.846. The van der Waals surface area contributed by atoms with Crippen molar-refractivity contribution in [2.45, 2.75) is 37.3 Å². The molecule has 0 amide bonds. The molecule has 0 aromatic heterocycles. The number of benzene rings is 1. The Morgan fingerprint density at radius 1 is 1.42 bits per heavy atom. The van der Waals surface area contributed by atoms with Gasteiger partial charge in [-0.3, -0.25) is 4.79 Å². The third-order valence-corrected chi connectivity index (χ3v) is 4.72. The Morgan fingerprint density at radius 3 is 2.74 bits per heavy atom. The van der Waals surface area contributed by atoms with Gasteiger partial charge in [0.05, 0.1) is 17.0 Å². The Bertz CT molecular complexity index is 582. The predicted octanol–water partition coefficient (Wildman–Crippen LogP) is 1.34. The van der Waals surface area contributed by atoms with E-state index in [-0.39, 0.29) is 22.8 Å². The minimum absolute atomic E-state index is 0.110. The molecule has 1 aromatic carbocycles. The van der Waals surface area contributed by atoms with Gasteiger partial charge in [-0.15, -0.1) is 0 Å². The summed E-state index contributed by atoms with van der Waals surface area (Å²) in [6.45, 7) is 3.81. The number of ether oxygens (including phenoxy) is 1. The minimum Gasteiger partial charge on any atom is -0.377 e. The van der Waals surface area contributed by atoms with Crippen LogP contribution in [0.4, 0.5) is 0 Å². The van der Waals surface area contributed by atoms with Gasteiger partial charge in [-0.2, -0.15) is 0 Å². The molecule has 1 aromatic rings. The third-order valence-electron chi connectivity index (χ3n) is 3.23. The van der Waals surface area contributed by atoms with Crippen LogP contribution >= 0.6 is 0 Å². The van der Waals surface area contributed by atoms with Crippen molar-refractivity contribution in [2.24, 2.45) is 0 Å². The number of carbonyl (C=O) groups is 1. The molecule has 2 atom stereocenters. The third kappa shape index (κ3) is 3.20. The molecule has 1 aliphatic rings. The second kappa shape index (κ2) is 5.40. The lowest BCUT2D eigenvalue weighted by molar-refractivity contribution is 0.101. The molecule has 1 aliphatic heterocycles. The smallest absolute Gasteiger partial charge is 0.240 e. The van der Waals surface area contributed by atoms with Crippen LogP contribution < -0.4 is 4.72 Å². The fourth-order valence-corrected chi connectivity index (χ4v) is 3.42. The van der Waals surface area contributed by atoms with E-state index in [0.29, 0.717) is 18.6 Å². The highest BCUT2D eigenvalue weighted by molar-refractivity contribution is 7.89. The lowest BCUT2D eigenvalue weighted by Gasteiger charge is -2.16. The molecular formula is C13H17NO4S. The largest absolute Gasteiger partial charge is 0.377 e. The summed E-state index contributed by atoms with van der Waals surface area (Å²) in [6, 6.07) is 5.83. The molecule has 0 spiro atoms. The van der Waals surface area contributed by atoms with Gasteiger partial charge >= 0.3 is 0 Å². The summed E-state index contributed by atoms with van der Waals surface area (Å²) in [6.07, 6.45) is 0.526. The molecule has 0 radical (unpaired) electrons. The first-order valence-corrected chi connectivity index (χ1v) is 7.63. The van der Waals surface area contributed by atoms with Gasteiger partial charge in [-0.25, -0.2) is 13.1 Å². The van der Waals surface area contributed by atoms with Crippen molar-refractivity contribution < 1.29 is 17.9 Å². The molecule has 19 heavy (non-hydrogen) atoms. The standard InChI is InChI=1S/C13H17NO4S/c1-9(15)11-4-3-5-12(8-11)19(16,17)14-13-6-7-18-10(13)2/h3-5,8,10,13-14H,6-7H2,1-2H3. The summed E-state index contributed by atoms with van der Waals surface area (Å²) in [5.74, 6) is -0.158. The Balaban J connectivity index is 2.24. The number of Topliss-reactive ketones (excluding diaryl/α,β-unsaturated/α-hetero) is 1. The maximum Gasteiger partial charge on any atom is 0.240 e. The SMILES string of the molecule is CC(=O)c1cccc(S(=O)(=O)NC2CCOC2C)c1. The van der Waals surface area contributed by atoms with Gasteiger partial charge in [0.1, 0.15) is 0 Å². The Morgan fingerprint density at radius 2 is 2.16 bits per heavy atom. The summed E-state index contributed by atoms with van der Waals surface area (Å²) >= 11 is 0. The summed E-state index contributed by atoms with van der Waals surface area (Å²) in [7, 11) is -3.61. The van der Waals surface area contributed by atoms with E-state index in [2.05, 4.69) is 4.72 Å². The van der Waals surface area contributed by atoms with Crippen molar-refractivity contribution in [1.29, 1.82) is 0 Å². The van der Waals surface area contributed by atoms with E-state index in [1.807, 2.05) is 6.92 Å². The Hall–Kier alpha value is -1.24. The van der Waals surface area contributed by atoms with Gasteiger partial charge in [0, 0.05) is 12.2 Å². The average Bonchev–Trinajstić information content (AvgIpc) is 2.74. The van der Waals surface area contributed by atoms with Crippen LogP contribution in [0.5, 0.6) is 0 Å². The fourth-order valence-electron chi connectivity index (χ4n) is 2.04. The van der Waals surface area contributed by atoms with Crippen LogP contribution in [0.2, 0.25) is 0 Å². The van der Waals surface area contributed by atoms with Crippen molar-refractivity contribution in [3.8, 4) is 0 Å². The highest BCUT2D eigenvalue weighted by atomic mass is 32.2. The van der Waals surface area contributed by atoms with Gasteiger partial charge in [0.25, 0.3) is 0 Å². The number of carbonyl (C=O) groups excluding carboxylic acids is 1. The summed E-state index contributed by atoms with van der Waals surface area (Å²) in [4.78, 5) is 11.4. The van der Waals surface area contributed by atoms with E-state index in [1.165, 1.54) is 19.1 Å². The molecule has 1 N–H and O–H groups in total. The summed E-state index contributed by atoms with van der Waals surface area (Å²) in [5.41, 5.74) is 0.388. The molecule has 1 fully saturated rings. The van der Waals surface area contributed by atoms with Gasteiger partial charge in [-0.05, 0) is 32.4 Å². The predicted molar refractivity (Wildman–Crippen MR) is 70.6 cm³/mol. The normalized spacial score (nSPS) is 23.5. The minimum atomic E-state index is -3.61. The molecule has 104 valence electrons. The van der Waals surface area contributed by atoms with Gasteiger partial charge < -0.3 is 4.74 Å². The van der Waals surface area contributed by atoms with Crippen molar-refractivity contribution >= 4 is 15.8 Å². The highest BCUT2D eigenvalue weighted by Gasteiger charge is 2.29. The molecule has 0 aliphatic carbocycles. The maximum absolute atomic E-state index is 12.2. The zero-order chi connectivity index (χ0) is 14.0. The van der Waals surface area contributed by atoms with E-state index in [4.69, 9.17) is 4.74 Å². The van der Waals surface area contributed by atoms with Gasteiger partial charge in [-0.1, -0.05) is 12.1 Å².